The Balaban J connectivity index is 1.91. The fourth-order valence-corrected chi connectivity index (χ4v) is 1.91. The van der Waals surface area contributed by atoms with Gasteiger partial charge in [0.2, 0.25) is 5.88 Å². The van der Waals surface area contributed by atoms with E-state index in [4.69, 9.17) is 15.2 Å². The highest BCUT2D eigenvalue weighted by molar-refractivity contribution is 5.78. The quantitative estimate of drug-likeness (QED) is 0.622. The number of pyridine rings is 1. The van der Waals surface area contributed by atoms with Crippen LogP contribution in [0.3, 0.4) is 0 Å². The molecule has 0 bridgehead atoms. The summed E-state index contributed by atoms with van der Waals surface area (Å²) in [4.78, 5) is 8.49. The van der Waals surface area contributed by atoms with E-state index in [2.05, 4.69) is 15.3 Å². The molecule has 0 aromatic carbocycles. The standard InChI is InChI=1S/C14H22N4O2/c1-10(2)18-14(15)17-8-11-3-5-16-13(7-11)20-12-4-6-19-9-12/h3,5,7,10,12H,4,6,8-9H2,1-2H3,(H3,15,17,18). The largest absolute Gasteiger partial charge is 0.472 e. The summed E-state index contributed by atoms with van der Waals surface area (Å²) >= 11 is 0. The van der Waals surface area contributed by atoms with Gasteiger partial charge in [-0.2, -0.15) is 0 Å². The molecular formula is C14H22N4O2. The Hall–Kier alpha value is -1.82. The molecule has 1 fully saturated rings. The van der Waals surface area contributed by atoms with Gasteiger partial charge in [-0.3, -0.25) is 0 Å². The molecule has 1 aromatic rings. The van der Waals surface area contributed by atoms with Gasteiger partial charge >= 0.3 is 0 Å². The van der Waals surface area contributed by atoms with Gasteiger partial charge in [0, 0.05) is 24.7 Å². The van der Waals surface area contributed by atoms with Crippen molar-refractivity contribution in [2.45, 2.75) is 39.0 Å². The molecule has 6 heteroatoms. The highest BCUT2D eigenvalue weighted by Gasteiger charge is 2.17. The van der Waals surface area contributed by atoms with Crippen molar-refractivity contribution < 1.29 is 9.47 Å². The molecule has 1 aliphatic heterocycles. The van der Waals surface area contributed by atoms with Gasteiger partial charge in [-0.15, -0.1) is 0 Å². The minimum Gasteiger partial charge on any atom is -0.472 e. The highest BCUT2D eigenvalue weighted by atomic mass is 16.5. The van der Waals surface area contributed by atoms with E-state index in [1.807, 2.05) is 26.0 Å². The van der Waals surface area contributed by atoms with Crippen LogP contribution in [-0.4, -0.2) is 36.3 Å². The SMILES string of the molecule is CC(C)NC(N)=NCc1ccnc(OC2CCOC2)c1. The Kier molecular flexibility index (Phi) is 5.17. The zero-order valence-electron chi connectivity index (χ0n) is 12.0. The Morgan fingerprint density at radius 1 is 1.65 bits per heavy atom. The molecular weight excluding hydrogens is 256 g/mol. The minimum atomic E-state index is 0.105. The van der Waals surface area contributed by atoms with Gasteiger partial charge in [0.25, 0.3) is 0 Å². The summed E-state index contributed by atoms with van der Waals surface area (Å²) < 4.78 is 11.0. The smallest absolute Gasteiger partial charge is 0.213 e. The maximum atomic E-state index is 5.77. The van der Waals surface area contributed by atoms with Crippen molar-refractivity contribution >= 4 is 5.96 Å². The number of hydrogen-bond donors (Lipinski definition) is 2. The summed E-state index contributed by atoms with van der Waals surface area (Å²) in [6.45, 7) is 5.93. The van der Waals surface area contributed by atoms with Crippen LogP contribution in [0.2, 0.25) is 0 Å². The number of guanidine groups is 1. The Morgan fingerprint density at radius 3 is 3.20 bits per heavy atom. The lowest BCUT2D eigenvalue weighted by Gasteiger charge is -2.11. The Bertz CT molecular complexity index is 456. The lowest BCUT2D eigenvalue weighted by Crippen LogP contribution is -2.36. The second kappa shape index (κ2) is 7.09. The third-order valence-electron chi connectivity index (χ3n) is 2.84. The first-order valence-electron chi connectivity index (χ1n) is 6.89. The summed E-state index contributed by atoms with van der Waals surface area (Å²) in [6, 6.07) is 4.08. The van der Waals surface area contributed by atoms with Gasteiger partial charge in [-0.1, -0.05) is 0 Å². The predicted octanol–water partition coefficient (Wildman–Crippen LogP) is 1.06. The molecule has 1 saturated heterocycles. The van der Waals surface area contributed by atoms with Crippen LogP contribution >= 0.6 is 0 Å². The molecule has 0 amide bonds. The van der Waals surface area contributed by atoms with E-state index in [1.165, 1.54) is 0 Å². The topological polar surface area (TPSA) is 81.8 Å². The number of rotatable bonds is 5. The van der Waals surface area contributed by atoms with Gasteiger partial charge in [-0.05, 0) is 25.5 Å². The van der Waals surface area contributed by atoms with Crippen molar-refractivity contribution in [2.24, 2.45) is 10.7 Å². The molecule has 1 unspecified atom stereocenters. The molecule has 0 radical (unpaired) electrons. The number of ether oxygens (including phenoxy) is 2. The van der Waals surface area contributed by atoms with Crippen LogP contribution in [0.25, 0.3) is 0 Å². The van der Waals surface area contributed by atoms with Gasteiger partial charge in [-0.25, -0.2) is 9.98 Å². The van der Waals surface area contributed by atoms with Crippen LogP contribution < -0.4 is 15.8 Å². The summed E-state index contributed by atoms with van der Waals surface area (Å²) in [6.07, 6.45) is 2.74. The monoisotopic (exact) mass is 278 g/mol. The van der Waals surface area contributed by atoms with E-state index >= 15 is 0 Å². The van der Waals surface area contributed by atoms with Crippen LogP contribution in [0, 0.1) is 0 Å². The number of nitrogens with two attached hydrogens (primary N) is 1. The molecule has 0 aliphatic carbocycles. The molecule has 110 valence electrons. The van der Waals surface area contributed by atoms with E-state index in [1.54, 1.807) is 6.20 Å². The maximum absolute atomic E-state index is 5.77. The summed E-state index contributed by atoms with van der Waals surface area (Å²) in [5.74, 6) is 1.06. The normalized spacial score (nSPS) is 19.4. The zero-order valence-corrected chi connectivity index (χ0v) is 12.0. The lowest BCUT2D eigenvalue weighted by molar-refractivity contribution is 0.138. The fourth-order valence-electron chi connectivity index (χ4n) is 1.91. The van der Waals surface area contributed by atoms with E-state index in [9.17, 15) is 0 Å². The Morgan fingerprint density at radius 2 is 2.50 bits per heavy atom. The first-order chi connectivity index (χ1) is 9.63. The fraction of sp³-hybridized carbons (Fsp3) is 0.571. The van der Waals surface area contributed by atoms with Gasteiger partial charge < -0.3 is 20.5 Å². The van der Waals surface area contributed by atoms with E-state index in [0.29, 0.717) is 25.0 Å². The molecule has 1 atom stereocenters. The van der Waals surface area contributed by atoms with Crippen molar-refractivity contribution in [1.29, 1.82) is 0 Å². The third-order valence-corrected chi connectivity index (χ3v) is 2.84. The molecule has 1 aromatic heterocycles. The molecule has 2 rings (SSSR count). The number of aliphatic imine (C=N–C) groups is 1. The average Bonchev–Trinajstić information content (AvgIpc) is 2.89. The maximum Gasteiger partial charge on any atom is 0.213 e. The summed E-state index contributed by atoms with van der Waals surface area (Å²) in [7, 11) is 0. The minimum absolute atomic E-state index is 0.105. The van der Waals surface area contributed by atoms with Crippen LogP contribution in [0.4, 0.5) is 0 Å². The first kappa shape index (κ1) is 14.6. The number of hydrogen-bond acceptors (Lipinski definition) is 4. The summed E-state index contributed by atoms with van der Waals surface area (Å²) in [5, 5.41) is 3.05. The van der Waals surface area contributed by atoms with Crippen molar-refractivity contribution in [3.8, 4) is 5.88 Å². The zero-order chi connectivity index (χ0) is 14.4. The second-order valence-electron chi connectivity index (χ2n) is 5.11. The van der Waals surface area contributed by atoms with Crippen LogP contribution in [0.15, 0.2) is 23.3 Å². The second-order valence-corrected chi connectivity index (χ2v) is 5.11. The van der Waals surface area contributed by atoms with E-state index in [0.717, 1.165) is 18.6 Å². The van der Waals surface area contributed by atoms with Crippen molar-refractivity contribution in [3.63, 3.8) is 0 Å². The highest BCUT2D eigenvalue weighted by Crippen LogP contribution is 2.16. The van der Waals surface area contributed by atoms with Crippen molar-refractivity contribution in [1.82, 2.24) is 10.3 Å². The molecule has 3 N–H and O–H groups in total. The van der Waals surface area contributed by atoms with Crippen LogP contribution in [0.5, 0.6) is 5.88 Å². The van der Waals surface area contributed by atoms with Crippen molar-refractivity contribution in [3.05, 3.63) is 23.9 Å². The predicted molar refractivity (Wildman–Crippen MR) is 77.7 cm³/mol. The third kappa shape index (κ3) is 4.70. The van der Waals surface area contributed by atoms with E-state index in [-0.39, 0.29) is 12.1 Å². The summed E-state index contributed by atoms with van der Waals surface area (Å²) in [5.41, 5.74) is 6.78. The first-order valence-corrected chi connectivity index (χ1v) is 6.89. The van der Waals surface area contributed by atoms with Gasteiger partial charge in [0.05, 0.1) is 19.8 Å². The lowest BCUT2D eigenvalue weighted by atomic mass is 10.2. The number of aromatic nitrogens is 1. The van der Waals surface area contributed by atoms with Crippen molar-refractivity contribution in [2.75, 3.05) is 13.2 Å². The van der Waals surface area contributed by atoms with E-state index < -0.39 is 0 Å². The molecule has 2 heterocycles. The Labute approximate surface area is 119 Å². The molecule has 0 saturated carbocycles. The average molecular weight is 278 g/mol. The number of nitrogens with zero attached hydrogens (tertiary/aromatic N) is 2. The van der Waals surface area contributed by atoms with Crippen LogP contribution in [-0.2, 0) is 11.3 Å². The molecule has 0 spiro atoms. The van der Waals surface area contributed by atoms with Gasteiger partial charge in [0.15, 0.2) is 5.96 Å². The molecule has 6 nitrogen and oxygen atoms in total. The molecule has 20 heavy (non-hydrogen) atoms. The van der Waals surface area contributed by atoms with Crippen LogP contribution in [0.1, 0.15) is 25.8 Å². The molecule has 1 aliphatic rings. The van der Waals surface area contributed by atoms with Gasteiger partial charge in [0.1, 0.15) is 6.10 Å². The number of nitrogens with one attached hydrogen (secondary N) is 1.